The molecular formula is C16H17IN2O4S. The van der Waals surface area contributed by atoms with Gasteiger partial charge in [0.2, 0.25) is 10.0 Å². The topological polar surface area (TPSA) is 75.7 Å². The quantitative estimate of drug-likeness (QED) is 0.697. The van der Waals surface area contributed by atoms with Crippen LogP contribution in [0.4, 0.5) is 5.69 Å². The summed E-state index contributed by atoms with van der Waals surface area (Å²) in [4.78, 5) is 12.4. The summed E-state index contributed by atoms with van der Waals surface area (Å²) in [6, 6.07) is 11.6. The number of benzene rings is 2. The fourth-order valence-corrected chi connectivity index (χ4v) is 3.60. The number of amides is 1. The van der Waals surface area contributed by atoms with Crippen LogP contribution < -0.4 is 10.1 Å². The third-order valence-electron chi connectivity index (χ3n) is 3.27. The number of hydrogen-bond donors (Lipinski definition) is 1. The van der Waals surface area contributed by atoms with Crippen molar-refractivity contribution in [3.05, 3.63) is 51.6 Å². The van der Waals surface area contributed by atoms with Crippen LogP contribution in [-0.2, 0) is 10.0 Å². The first-order chi connectivity index (χ1) is 11.3. The minimum Gasteiger partial charge on any atom is -0.495 e. The molecule has 1 amide bonds. The first kappa shape index (κ1) is 18.7. The summed E-state index contributed by atoms with van der Waals surface area (Å²) in [6.07, 6.45) is 0. The average Bonchev–Trinajstić information content (AvgIpc) is 2.54. The molecule has 0 saturated carbocycles. The maximum Gasteiger partial charge on any atom is 0.255 e. The molecule has 2 rings (SSSR count). The molecule has 0 aromatic heterocycles. The van der Waals surface area contributed by atoms with Gasteiger partial charge in [0, 0.05) is 28.9 Å². The predicted octanol–water partition coefficient (Wildman–Crippen LogP) is 2.80. The van der Waals surface area contributed by atoms with Gasteiger partial charge in [-0.2, -0.15) is 0 Å². The summed E-state index contributed by atoms with van der Waals surface area (Å²) < 4.78 is 32.0. The van der Waals surface area contributed by atoms with Crippen molar-refractivity contribution in [2.75, 3.05) is 26.5 Å². The van der Waals surface area contributed by atoms with E-state index in [9.17, 15) is 13.2 Å². The molecule has 24 heavy (non-hydrogen) atoms. The van der Waals surface area contributed by atoms with Crippen molar-refractivity contribution in [2.45, 2.75) is 4.90 Å². The molecule has 8 heteroatoms. The van der Waals surface area contributed by atoms with E-state index in [4.69, 9.17) is 4.74 Å². The molecule has 2 aromatic carbocycles. The highest BCUT2D eigenvalue weighted by atomic mass is 127. The Labute approximate surface area is 155 Å². The first-order valence-corrected chi connectivity index (χ1v) is 9.45. The summed E-state index contributed by atoms with van der Waals surface area (Å²) in [7, 11) is 0.505. The van der Waals surface area contributed by atoms with Crippen molar-refractivity contribution >= 4 is 44.2 Å². The summed E-state index contributed by atoms with van der Waals surface area (Å²) in [6.45, 7) is 0. The molecule has 0 unspecified atom stereocenters. The summed E-state index contributed by atoms with van der Waals surface area (Å²) in [5.41, 5.74) is 0.870. The Balaban J connectivity index is 2.40. The number of carbonyl (C=O) groups is 1. The van der Waals surface area contributed by atoms with Gasteiger partial charge in [0.05, 0.1) is 7.11 Å². The highest BCUT2D eigenvalue weighted by Gasteiger charge is 2.23. The number of nitrogens with zero attached hydrogens (tertiary/aromatic N) is 1. The van der Waals surface area contributed by atoms with Gasteiger partial charge in [0.15, 0.2) is 0 Å². The van der Waals surface area contributed by atoms with Crippen LogP contribution in [0.25, 0.3) is 0 Å². The number of rotatable bonds is 5. The Morgan fingerprint density at radius 1 is 1.17 bits per heavy atom. The van der Waals surface area contributed by atoms with Gasteiger partial charge in [-0.25, -0.2) is 12.7 Å². The van der Waals surface area contributed by atoms with Crippen molar-refractivity contribution in [1.82, 2.24) is 4.31 Å². The van der Waals surface area contributed by atoms with Gasteiger partial charge in [-0.3, -0.25) is 4.79 Å². The Morgan fingerprint density at radius 3 is 2.46 bits per heavy atom. The fraction of sp³-hybridized carbons (Fsp3) is 0.188. The van der Waals surface area contributed by atoms with Gasteiger partial charge < -0.3 is 10.1 Å². The van der Waals surface area contributed by atoms with Gasteiger partial charge in [0.1, 0.15) is 10.6 Å². The third kappa shape index (κ3) is 4.05. The van der Waals surface area contributed by atoms with Gasteiger partial charge in [0.25, 0.3) is 5.91 Å². The fourth-order valence-electron chi connectivity index (χ4n) is 1.99. The molecule has 0 radical (unpaired) electrons. The average molecular weight is 460 g/mol. The zero-order valence-corrected chi connectivity index (χ0v) is 16.4. The zero-order valence-electron chi connectivity index (χ0n) is 13.4. The van der Waals surface area contributed by atoms with Crippen molar-refractivity contribution < 1.29 is 17.9 Å². The molecular weight excluding hydrogens is 443 g/mol. The van der Waals surface area contributed by atoms with Crippen LogP contribution >= 0.6 is 22.6 Å². The van der Waals surface area contributed by atoms with Crippen LogP contribution in [0.1, 0.15) is 10.4 Å². The van der Waals surface area contributed by atoms with E-state index in [0.717, 1.165) is 7.88 Å². The molecule has 1 N–H and O–H groups in total. The molecule has 6 nitrogen and oxygen atoms in total. The summed E-state index contributed by atoms with van der Waals surface area (Å²) in [5, 5.41) is 2.75. The van der Waals surface area contributed by atoms with E-state index in [1.54, 1.807) is 6.07 Å². The van der Waals surface area contributed by atoms with Crippen molar-refractivity contribution in [3.63, 3.8) is 0 Å². The molecule has 0 atom stereocenters. The lowest BCUT2D eigenvalue weighted by atomic mass is 10.2. The highest BCUT2D eigenvalue weighted by Crippen LogP contribution is 2.27. The van der Waals surface area contributed by atoms with Gasteiger partial charge in [-0.05, 0) is 59.0 Å². The third-order valence-corrected chi connectivity index (χ3v) is 5.77. The molecule has 0 fully saturated rings. The number of hydrogen-bond acceptors (Lipinski definition) is 4. The Morgan fingerprint density at radius 2 is 1.88 bits per heavy atom. The van der Waals surface area contributed by atoms with Gasteiger partial charge in [-0.1, -0.05) is 6.07 Å². The monoisotopic (exact) mass is 460 g/mol. The van der Waals surface area contributed by atoms with Crippen LogP contribution in [0.5, 0.6) is 5.75 Å². The lowest BCUT2D eigenvalue weighted by Crippen LogP contribution is -2.23. The highest BCUT2D eigenvalue weighted by molar-refractivity contribution is 14.1. The Kier molecular flexibility index (Phi) is 5.83. The number of ether oxygens (including phenoxy) is 1. The zero-order chi connectivity index (χ0) is 17.9. The van der Waals surface area contributed by atoms with Gasteiger partial charge in [-0.15, -0.1) is 0 Å². The van der Waals surface area contributed by atoms with Crippen LogP contribution in [0.2, 0.25) is 0 Å². The van der Waals surface area contributed by atoms with Crippen LogP contribution in [0.15, 0.2) is 47.4 Å². The molecule has 0 heterocycles. The number of carbonyl (C=O) groups excluding carboxylic acids is 1. The largest absolute Gasteiger partial charge is 0.495 e. The SMILES string of the molecule is COc1ccc(C(=O)Nc2cccc(I)c2)cc1S(=O)(=O)N(C)C. The minimum absolute atomic E-state index is 0.0507. The lowest BCUT2D eigenvalue weighted by Gasteiger charge is -2.15. The molecule has 128 valence electrons. The van der Waals surface area contributed by atoms with Crippen LogP contribution in [0.3, 0.4) is 0 Å². The van der Waals surface area contributed by atoms with Crippen LogP contribution in [-0.4, -0.2) is 39.8 Å². The molecule has 0 bridgehead atoms. The van der Waals surface area contributed by atoms with Crippen molar-refractivity contribution in [1.29, 1.82) is 0 Å². The minimum atomic E-state index is -3.73. The molecule has 0 aliphatic heterocycles. The number of sulfonamides is 1. The molecule has 0 aliphatic carbocycles. The standard InChI is InChI=1S/C16H17IN2O4S/c1-19(2)24(21,22)15-9-11(7-8-14(15)23-3)16(20)18-13-6-4-5-12(17)10-13/h4-10H,1-3H3,(H,18,20). The molecule has 0 spiro atoms. The second kappa shape index (κ2) is 7.49. The lowest BCUT2D eigenvalue weighted by molar-refractivity contribution is 0.102. The predicted molar refractivity (Wildman–Crippen MR) is 101 cm³/mol. The number of methoxy groups -OCH3 is 1. The molecule has 0 aliphatic rings. The Bertz CT molecular complexity index is 866. The van der Waals surface area contributed by atoms with Gasteiger partial charge >= 0.3 is 0 Å². The van der Waals surface area contributed by atoms with Crippen molar-refractivity contribution in [3.8, 4) is 5.75 Å². The van der Waals surface area contributed by atoms with E-state index in [-0.39, 0.29) is 16.2 Å². The Hall–Kier alpha value is -1.65. The maximum absolute atomic E-state index is 12.4. The smallest absolute Gasteiger partial charge is 0.255 e. The van der Waals surface area contributed by atoms with E-state index >= 15 is 0 Å². The number of nitrogens with one attached hydrogen (secondary N) is 1. The molecule has 2 aromatic rings. The maximum atomic E-state index is 12.4. The van der Waals surface area contributed by atoms with E-state index in [2.05, 4.69) is 27.9 Å². The second-order valence-electron chi connectivity index (χ2n) is 5.12. The van der Waals surface area contributed by atoms with Crippen molar-refractivity contribution in [2.24, 2.45) is 0 Å². The van der Waals surface area contributed by atoms with E-state index in [1.165, 1.54) is 39.4 Å². The first-order valence-electron chi connectivity index (χ1n) is 6.93. The normalized spacial score (nSPS) is 11.4. The summed E-state index contributed by atoms with van der Waals surface area (Å²) >= 11 is 2.15. The number of halogens is 1. The van der Waals surface area contributed by atoms with Crippen LogP contribution in [0, 0.1) is 3.57 Å². The van der Waals surface area contributed by atoms with E-state index < -0.39 is 15.9 Å². The van der Waals surface area contributed by atoms with E-state index in [0.29, 0.717) is 5.69 Å². The number of anilines is 1. The second-order valence-corrected chi connectivity index (χ2v) is 8.48. The molecule has 0 saturated heterocycles. The van der Waals surface area contributed by atoms with E-state index in [1.807, 2.05) is 18.2 Å². The summed E-state index contributed by atoms with van der Waals surface area (Å²) in [5.74, 6) is -0.204.